The van der Waals surface area contributed by atoms with Crippen molar-refractivity contribution in [1.82, 2.24) is 0 Å². The molecule has 0 heterocycles. The monoisotopic (exact) mass is 407 g/mol. The van der Waals surface area contributed by atoms with Crippen LogP contribution in [0.1, 0.15) is 12.5 Å². The molecule has 0 unspecified atom stereocenters. The first-order valence-corrected chi connectivity index (χ1v) is 10.3. The fourth-order valence-corrected chi connectivity index (χ4v) is 2.87. The second kappa shape index (κ2) is 12.4. The molecule has 0 aromatic heterocycles. The van der Waals surface area contributed by atoms with Gasteiger partial charge in [0.25, 0.3) is 0 Å². The number of nitrogens with one attached hydrogen (secondary N) is 1. The molecule has 0 radical (unpaired) electrons. The summed E-state index contributed by atoms with van der Waals surface area (Å²) < 4.78 is 22.7. The van der Waals surface area contributed by atoms with Crippen LogP contribution < -0.4 is 19.5 Å². The molecule has 1 N–H and O–H groups in total. The lowest BCUT2D eigenvalue weighted by Crippen LogP contribution is -2.10. The smallest absolute Gasteiger partial charge is 0.142 e. The molecule has 5 nitrogen and oxygen atoms in total. The maximum Gasteiger partial charge on any atom is 0.142 e. The Hall–Kier alpha value is -3.18. The Balaban J connectivity index is 1.47. The van der Waals surface area contributed by atoms with Crippen molar-refractivity contribution < 1.29 is 18.9 Å². The SMILES string of the molecule is CCOCCOc1cccc(CNc2ccccc2OCCOc2ccccc2)c1. The van der Waals surface area contributed by atoms with Gasteiger partial charge in [-0.2, -0.15) is 0 Å². The zero-order valence-corrected chi connectivity index (χ0v) is 17.4. The number of benzene rings is 3. The number of anilines is 1. The Morgan fingerprint density at radius 1 is 0.667 bits per heavy atom. The minimum atomic E-state index is 0.469. The van der Waals surface area contributed by atoms with Crippen LogP contribution in [0.25, 0.3) is 0 Å². The van der Waals surface area contributed by atoms with Gasteiger partial charge in [0.15, 0.2) is 0 Å². The Kier molecular flexibility index (Phi) is 8.90. The first-order chi connectivity index (χ1) is 14.8. The van der Waals surface area contributed by atoms with Gasteiger partial charge in [-0.1, -0.05) is 42.5 Å². The maximum atomic E-state index is 5.92. The van der Waals surface area contributed by atoms with Crippen LogP contribution >= 0.6 is 0 Å². The van der Waals surface area contributed by atoms with Crippen LogP contribution in [0.15, 0.2) is 78.9 Å². The minimum absolute atomic E-state index is 0.469. The van der Waals surface area contributed by atoms with Crippen LogP contribution in [0.5, 0.6) is 17.2 Å². The van der Waals surface area contributed by atoms with Crippen molar-refractivity contribution in [3.05, 3.63) is 84.4 Å². The summed E-state index contributed by atoms with van der Waals surface area (Å²) in [5.41, 5.74) is 2.08. The fourth-order valence-electron chi connectivity index (χ4n) is 2.87. The van der Waals surface area contributed by atoms with Crippen molar-refractivity contribution in [3.8, 4) is 17.2 Å². The molecule has 0 aliphatic rings. The molecule has 0 saturated carbocycles. The molecule has 0 bridgehead atoms. The Morgan fingerprint density at radius 3 is 2.23 bits per heavy atom. The normalized spacial score (nSPS) is 10.4. The summed E-state index contributed by atoms with van der Waals surface area (Å²) in [4.78, 5) is 0. The molecule has 3 rings (SSSR count). The van der Waals surface area contributed by atoms with Gasteiger partial charge in [-0.3, -0.25) is 0 Å². The third kappa shape index (κ3) is 7.33. The van der Waals surface area contributed by atoms with Gasteiger partial charge in [-0.05, 0) is 48.9 Å². The summed E-state index contributed by atoms with van der Waals surface area (Å²) in [6, 6.07) is 25.7. The van der Waals surface area contributed by atoms with E-state index in [9.17, 15) is 0 Å². The lowest BCUT2D eigenvalue weighted by Gasteiger charge is -2.14. The van der Waals surface area contributed by atoms with Gasteiger partial charge in [-0.25, -0.2) is 0 Å². The number of hydrogen-bond acceptors (Lipinski definition) is 5. The van der Waals surface area contributed by atoms with E-state index in [1.165, 1.54) is 0 Å². The van der Waals surface area contributed by atoms with Gasteiger partial charge in [0, 0.05) is 13.2 Å². The summed E-state index contributed by atoms with van der Waals surface area (Å²) in [6.07, 6.45) is 0. The number of para-hydroxylation sites is 3. The average Bonchev–Trinajstić information content (AvgIpc) is 2.80. The zero-order chi connectivity index (χ0) is 20.9. The summed E-state index contributed by atoms with van der Waals surface area (Å²) in [5.74, 6) is 2.49. The second-order valence-electron chi connectivity index (χ2n) is 6.55. The van der Waals surface area contributed by atoms with Crippen LogP contribution in [0.2, 0.25) is 0 Å². The zero-order valence-electron chi connectivity index (χ0n) is 17.4. The van der Waals surface area contributed by atoms with E-state index in [-0.39, 0.29) is 0 Å². The standard InChI is InChI=1S/C25H29NO4/c1-2-27-15-16-29-23-12-8-9-21(19-23)20-26-24-13-6-7-14-25(24)30-18-17-28-22-10-4-3-5-11-22/h3-14,19,26H,2,15-18,20H2,1H3. The quantitative estimate of drug-likeness (QED) is 0.396. The van der Waals surface area contributed by atoms with Crippen molar-refractivity contribution in [2.75, 3.05) is 38.4 Å². The molecular formula is C25H29NO4. The molecule has 0 amide bonds. The van der Waals surface area contributed by atoms with E-state index in [1.807, 2.05) is 79.7 Å². The highest BCUT2D eigenvalue weighted by molar-refractivity contribution is 5.56. The van der Waals surface area contributed by atoms with Gasteiger partial charge < -0.3 is 24.3 Å². The molecule has 0 aliphatic heterocycles. The van der Waals surface area contributed by atoms with Crippen molar-refractivity contribution >= 4 is 5.69 Å². The van der Waals surface area contributed by atoms with E-state index in [0.717, 1.165) is 28.5 Å². The third-order valence-corrected chi connectivity index (χ3v) is 4.32. The maximum absolute atomic E-state index is 5.92. The van der Waals surface area contributed by atoms with Crippen LogP contribution in [-0.4, -0.2) is 33.0 Å². The van der Waals surface area contributed by atoms with Crippen molar-refractivity contribution in [2.24, 2.45) is 0 Å². The molecule has 0 fully saturated rings. The highest BCUT2D eigenvalue weighted by Crippen LogP contribution is 2.25. The van der Waals surface area contributed by atoms with Crippen LogP contribution in [-0.2, 0) is 11.3 Å². The lowest BCUT2D eigenvalue weighted by molar-refractivity contribution is 0.110. The van der Waals surface area contributed by atoms with Gasteiger partial charge in [0.1, 0.15) is 37.1 Å². The predicted octanol–water partition coefficient (Wildman–Crippen LogP) is 5.17. The van der Waals surface area contributed by atoms with E-state index in [4.69, 9.17) is 18.9 Å². The van der Waals surface area contributed by atoms with E-state index in [0.29, 0.717) is 39.6 Å². The van der Waals surface area contributed by atoms with Gasteiger partial charge >= 0.3 is 0 Å². The molecule has 30 heavy (non-hydrogen) atoms. The molecule has 0 spiro atoms. The average molecular weight is 408 g/mol. The first-order valence-electron chi connectivity index (χ1n) is 10.3. The highest BCUT2D eigenvalue weighted by Gasteiger charge is 2.04. The molecule has 158 valence electrons. The van der Waals surface area contributed by atoms with E-state index < -0.39 is 0 Å². The molecule has 3 aromatic carbocycles. The largest absolute Gasteiger partial charge is 0.491 e. The molecule has 0 aliphatic carbocycles. The molecule has 3 aromatic rings. The van der Waals surface area contributed by atoms with Crippen molar-refractivity contribution in [2.45, 2.75) is 13.5 Å². The summed E-state index contributed by atoms with van der Waals surface area (Å²) >= 11 is 0. The number of rotatable bonds is 13. The number of hydrogen-bond donors (Lipinski definition) is 1. The Bertz CT molecular complexity index is 870. The van der Waals surface area contributed by atoms with Crippen molar-refractivity contribution in [3.63, 3.8) is 0 Å². The van der Waals surface area contributed by atoms with Crippen LogP contribution in [0.3, 0.4) is 0 Å². The van der Waals surface area contributed by atoms with Gasteiger partial charge in [0.2, 0.25) is 0 Å². The van der Waals surface area contributed by atoms with Crippen LogP contribution in [0, 0.1) is 0 Å². The Morgan fingerprint density at radius 2 is 1.37 bits per heavy atom. The summed E-state index contributed by atoms with van der Waals surface area (Å²) in [5, 5.41) is 3.45. The lowest BCUT2D eigenvalue weighted by atomic mass is 10.2. The Labute approximate surface area is 178 Å². The fraction of sp³-hybridized carbons (Fsp3) is 0.280. The van der Waals surface area contributed by atoms with Gasteiger partial charge in [0.05, 0.1) is 12.3 Å². The first kappa shape index (κ1) is 21.5. The van der Waals surface area contributed by atoms with Gasteiger partial charge in [-0.15, -0.1) is 0 Å². The molecular weight excluding hydrogens is 378 g/mol. The van der Waals surface area contributed by atoms with E-state index in [2.05, 4.69) is 11.4 Å². The predicted molar refractivity (Wildman–Crippen MR) is 120 cm³/mol. The third-order valence-electron chi connectivity index (χ3n) is 4.32. The molecule has 0 saturated heterocycles. The van der Waals surface area contributed by atoms with E-state index >= 15 is 0 Å². The minimum Gasteiger partial charge on any atom is -0.491 e. The van der Waals surface area contributed by atoms with Crippen molar-refractivity contribution in [1.29, 1.82) is 0 Å². The van der Waals surface area contributed by atoms with E-state index in [1.54, 1.807) is 0 Å². The summed E-state index contributed by atoms with van der Waals surface area (Å²) in [6.45, 7) is 5.45. The molecule has 5 heteroatoms. The topological polar surface area (TPSA) is 49.0 Å². The second-order valence-corrected chi connectivity index (χ2v) is 6.55. The summed E-state index contributed by atoms with van der Waals surface area (Å²) in [7, 11) is 0. The molecule has 0 atom stereocenters. The number of ether oxygens (including phenoxy) is 4. The highest BCUT2D eigenvalue weighted by atomic mass is 16.5. The van der Waals surface area contributed by atoms with Crippen LogP contribution in [0.4, 0.5) is 5.69 Å².